The number of halogens is 1. The van der Waals surface area contributed by atoms with Gasteiger partial charge in [0, 0.05) is 42.8 Å². The molecule has 3 rings (SSSR count). The number of nitrogens with one attached hydrogen (secondary N) is 1. The van der Waals surface area contributed by atoms with Crippen LogP contribution in [0.3, 0.4) is 0 Å². The summed E-state index contributed by atoms with van der Waals surface area (Å²) in [5.41, 5.74) is 10.4. The Morgan fingerprint density at radius 1 is 1.23 bits per heavy atom. The standard InChI is InChI=1S/C22H27ClN6O2/c1-14-12-26-29(7-6-19-8-15(2)27-28(19)3)22(31)20(14)10-21(30)25-13-17-9-18(23)5-4-16(17)11-24/h4-5,8-9,12H,6-7,10-11,13,24H2,1-3H3,(H,25,30). The van der Waals surface area contributed by atoms with Crippen LogP contribution in [-0.2, 0) is 44.3 Å². The van der Waals surface area contributed by atoms with Gasteiger partial charge in [-0.3, -0.25) is 14.3 Å². The monoisotopic (exact) mass is 442 g/mol. The second-order valence-electron chi connectivity index (χ2n) is 7.56. The highest BCUT2D eigenvalue weighted by Gasteiger charge is 2.14. The molecule has 0 aliphatic carbocycles. The second-order valence-corrected chi connectivity index (χ2v) is 7.99. The van der Waals surface area contributed by atoms with Crippen molar-refractivity contribution in [3.8, 4) is 0 Å². The minimum absolute atomic E-state index is 0.0173. The molecule has 0 bridgehead atoms. The van der Waals surface area contributed by atoms with Crippen LogP contribution in [0.4, 0.5) is 0 Å². The van der Waals surface area contributed by atoms with E-state index in [4.69, 9.17) is 17.3 Å². The number of hydrogen-bond acceptors (Lipinski definition) is 5. The van der Waals surface area contributed by atoms with E-state index in [1.165, 1.54) is 4.68 Å². The first kappa shape index (κ1) is 22.7. The molecule has 31 heavy (non-hydrogen) atoms. The fourth-order valence-electron chi connectivity index (χ4n) is 3.48. The van der Waals surface area contributed by atoms with E-state index >= 15 is 0 Å². The third-order valence-corrected chi connectivity index (χ3v) is 5.47. The van der Waals surface area contributed by atoms with Gasteiger partial charge in [-0.05, 0) is 48.7 Å². The summed E-state index contributed by atoms with van der Waals surface area (Å²) in [6.45, 7) is 4.78. The molecule has 0 aliphatic heterocycles. The van der Waals surface area contributed by atoms with Gasteiger partial charge < -0.3 is 11.1 Å². The van der Waals surface area contributed by atoms with Crippen LogP contribution < -0.4 is 16.6 Å². The van der Waals surface area contributed by atoms with Crippen molar-refractivity contribution in [2.75, 3.05) is 0 Å². The average molecular weight is 443 g/mol. The van der Waals surface area contributed by atoms with Crippen LogP contribution in [0.1, 0.15) is 33.6 Å². The van der Waals surface area contributed by atoms with E-state index in [1.807, 2.05) is 26.1 Å². The van der Waals surface area contributed by atoms with Gasteiger partial charge in [0.15, 0.2) is 0 Å². The van der Waals surface area contributed by atoms with Gasteiger partial charge in [-0.25, -0.2) is 4.68 Å². The van der Waals surface area contributed by atoms with Crippen LogP contribution in [0.25, 0.3) is 0 Å². The lowest BCUT2D eigenvalue weighted by Crippen LogP contribution is -2.32. The predicted octanol–water partition coefficient (Wildman–Crippen LogP) is 1.81. The van der Waals surface area contributed by atoms with Crippen molar-refractivity contribution in [2.24, 2.45) is 12.8 Å². The highest BCUT2D eigenvalue weighted by atomic mass is 35.5. The van der Waals surface area contributed by atoms with Crippen LogP contribution in [-0.4, -0.2) is 25.5 Å². The SMILES string of the molecule is Cc1cc(CCn2ncc(C)c(CC(=O)NCc3cc(Cl)ccc3CN)c2=O)n(C)n1. The zero-order valence-electron chi connectivity index (χ0n) is 18.0. The van der Waals surface area contributed by atoms with Crippen molar-refractivity contribution in [3.63, 3.8) is 0 Å². The van der Waals surface area contributed by atoms with Gasteiger partial charge in [0.05, 0.1) is 24.9 Å². The van der Waals surface area contributed by atoms with Crippen molar-refractivity contribution >= 4 is 17.5 Å². The third kappa shape index (κ3) is 5.59. The van der Waals surface area contributed by atoms with E-state index in [9.17, 15) is 9.59 Å². The maximum atomic E-state index is 12.9. The summed E-state index contributed by atoms with van der Waals surface area (Å²) in [6, 6.07) is 7.39. The van der Waals surface area contributed by atoms with Crippen LogP contribution in [0.5, 0.6) is 0 Å². The molecule has 0 unspecified atom stereocenters. The van der Waals surface area contributed by atoms with Gasteiger partial charge in [-0.1, -0.05) is 17.7 Å². The lowest BCUT2D eigenvalue weighted by molar-refractivity contribution is -0.120. The summed E-state index contributed by atoms with van der Waals surface area (Å²) in [5, 5.41) is 12.0. The highest BCUT2D eigenvalue weighted by Crippen LogP contribution is 2.16. The van der Waals surface area contributed by atoms with Gasteiger partial charge >= 0.3 is 0 Å². The van der Waals surface area contributed by atoms with Gasteiger partial charge in [-0.2, -0.15) is 10.2 Å². The molecule has 2 heterocycles. The number of aryl methyl sites for hydroxylation is 5. The molecule has 164 valence electrons. The molecule has 0 radical (unpaired) electrons. The quantitative estimate of drug-likeness (QED) is 0.553. The fraction of sp³-hybridized carbons (Fsp3) is 0.364. The Bertz CT molecular complexity index is 1150. The van der Waals surface area contributed by atoms with Crippen molar-refractivity contribution in [2.45, 2.75) is 46.3 Å². The Morgan fingerprint density at radius 3 is 2.68 bits per heavy atom. The Hall–Kier alpha value is -2.97. The summed E-state index contributed by atoms with van der Waals surface area (Å²) in [5.74, 6) is -0.247. The zero-order chi connectivity index (χ0) is 22.5. The van der Waals surface area contributed by atoms with Crippen molar-refractivity contribution < 1.29 is 4.79 Å². The van der Waals surface area contributed by atoms with E-state index in [1.54, 1.807) is 29.9 Å². The van der Waals surface area contributed by atoms with Crippen LogP contribution >= 0.6 is 11.6 Å². The Labute approximate surface area is 186 Å². The number of aromatic nitrogens is 4. The molecule has 0 saturated heterocycles. The Kier molecular flexibility index (Phi) is 7.25. The molecule has 2 aromatic heterocycles. The summed E-state index contributed by atoms with van der Waals surface area (Å²) >= 11 is 6.05. The first-order valence-electron chi connectivity index (χ1n) is 10.1. The normalized spacial score (nSPS) is 11.0. The van der Waals surface area contributed by atoms with Crippen molar-refractivity contribution in [3.05, 3.63) is 79.5 Å². The molecule has 0 aliphatic rings. The van der Waals surface area contributed by atoms with E-state index in [2.05, 4.69) is 15.5 Å². The van der Waals surface area contributed by atoms with Crippen molar-refractivity contribution in [1.82, 2.24) is 24.9 Å². The van der Waals surface area contributed by atoms with Crippen LogP contribution in [0, 0.1) is 13.8 Å². The Morgan fingerprint density at radius 2 is 2.00 bits per heavy atom. The smallest absolute Gasteiger partial charge is 0.270 e. The van der Waals surface area contributed by atoms with Gasteiger partial charge in [0.1, 0.15) is 0 Å². The number of carbonyl (C=O) groups excluding carboxylic acids is 1. The first-order chi connectivity index (χ1) is 14.8. The van der Waals surface area contributed by atoms with Crippen LogP contribution in [0.15, 0.2) is 35.3 Å². The molecule has 3 aromatic rings. The molecule has 1 amide bonds. The third-order valence-electron chi connectivity index (χ3n) is 5.24. The highest BCUT2D eigenvalue weighted by molar-refractivity contribution is 6.30. The summed E-state index contributed by atoms with van der Waals surface area (Å²) in [7, 11) is 1.87. The first-order valence-corrected chi connectivity index (χ1v) is 10.5. The number of hydrogen-bond donors (Lipinski definition) is 2. The van der Waals surface area contributed by atoms with Gasteiger partial charge in [-0.15, -0.1) is 0 Å². The van der Waals surface area contributed by atoms with Gasteiger partial charge in [0.2, 0.25) is 5.91 Å². The fourth-order valence-corrected chi connectivity index (χ4v) is 3.67. The van der Waals surface area contributed by atoms with Crippen molar-refractivity contribution in [1.29, 1.82) is 0 Å². The van der Waals surface area contributed by atoms with Gasteiger partial charge in [0.25, 0.3) is 5.56 Å². The number of amides is 1. The Balaban J connectivity index is 1.69. The summed E-state index contributed by atoms with van der Waals surface area (Å²) in [4.78, 5) is 25.5. The molecule has 0 saturated carbocycles. The van der Waals surface area contributed by atoms with Crippen LogP contribution in [0.2, 0.25) is 5.02 Å². The molecule has 3 N–H and O–H groups in total. The van der Waals surface area contributed by atoms with E-state index in [-0.39, 0.29) is 17.9 Å². The predicted molar refractivity (Wildman–Crippen MR) is 120 cm³/mol. The molecule has 0 fully saturated rings. The summed E-state index contributed by atoms with van der Waals surface area (Å²) < 4.78 is 3.20. The lowest BCUT2D eigenvalue weighted by Gasteiger charge is -2.12. The number of benzene rings is 1. The minimum Gasteiger partial charge on any atom is -0.352 e. The van der Waals surface area contributed by atoms with E-state index in [0.29, 0.717) is 42.2 Å². The topological polar surface area (TPSA) is 108 Å². The number of rotatable bonds is 8. The molecular formula is C22H27ClN6O2. The number of carbonyl (C=O) groups is 1. The molecule has 9 heteroatoms. The maximum Gasteiger partial charge on any atom is 0.270 e. The molecule has 0 spiro atoms. The molecule has 1 aromatic carbocycles. The number of nitrogens with two attached hydrogens (primary N) is 1. The second kappa shape index (κ2) is 9.89. The lowest BCUT2D eigenvalue weighted by atomic mass is 10.1. The molecular weight excluding hydrogens is 416 g/mol. The zero-order valence-corrected chi connectivity index (χ0v) is 18.7. The van der Waals surface area contributed by atoms with E-state index < -0.39 is 0 Å². The number of nitrogens with zero attached hydrogens (tertiary/aromatic N) is 4. The average Bonchev–Trinajstić information content (AvgIpc) is 3.06. The molecule has 8 nitrogen and oxygen atoms in total. The maximum absolute atomic E-state index is 12.9. The minimum atomic E-state index is -0.251. The molecule has 0 atom stereocenters. The summed E-state index contributed by atoms with van der Waals surface area (Å²) in [6.07, 6.45) is 2.23. The van der Waals surface area contributed by atoms with E-state index in [0.717, 1.165) is 22.5 Å². The largest absolute Gasteiger partial charge is 0.352 e.